The summed E-state index contributed by atoms with van der Waals surface area (Å²) in [6.07, 6.45) is 0.172. The summed E-state index contributed by atoms with van der Waals surface area (Å²) in [7, 11) is -3.46. The highest BCUT2D eigenvalue weighted by Crippen LogP contribution is 2.29. The van der Waals surface area contributed by atoms with E-state index in [1.54, 1.807) is 0 Å². The van der Waals surface area contributed by atoms with E-state index in [0.29, 0.717) is 0 Å². The minimum absolute atomic E-state index is 0.0987. The number of nitrogens with two attached hydrogens (primary N) is 2. The Bertz CT molecular complexity index is 362. The van der Waals surface area contributed by atoms with Gasteiger partial charge in [0.2, 0.25) is 11.8 Å². The number of hydrogen-bond donors (Lipinski definition) is 2. The molecule has 1 aliphatic rings. The van der Waals surface area contributed by atoms with E-state index >= 15 is 0 Å². The number of rotatable bonds is 3. The lowest BCUT2D eigenvalue weighted by Gasteiger charge is -2.12. The van der Waals surface area contributed by atoms with Crippen LogP contribution in [0.5, 0.6) is 0 Å². The normalized spacial score (nSPS) is 30.0. The average Bonchev–Trinajstić information content (AvgIpc) is 2.24. The van der Waals surface area contributed by atoms with Gasteiger partial charge in [0, 0.05) is 6.42 Å². The van der Waals surface area contributed by atoms with Gasteiger partial charge in [0.05, 0.1) is 5.75 Å². The van der Waals surface area contributed by atoms with Crippen molar-refractivity contribution in [2.24, 2.45) is 17.4 Å². The van der Waals surface area contributed by atoms with Gasteiger partial charge >= 0.3 is 0 Å². The summed E-state index contributed by atoms with van der Waals surface area (Å²) >= 11 is 0. The van der Waals surface area contributed by atoms with Gasteiger partial charge in [0.15, 0.2) is 9.84 Å². The van der Waals surface area contributed by atoms with Crippen LogP contribution in [0.25, 0.3) is 0 Å². The van der Waals surface area contributed by atoms with Crippen molar-refractivity contribution in [2.45, 2.75) is 18.1 Å². The van der Waals surface area contributed by atoms with Gasteiger partial charge in [0.25, 0.3) is 0 Å². The zero-order chi connectivity index (χ0) is 10.9. The van der Waals surface area contributed by atoms with E-state index in [9.17, 15) is 18.0 Å². The van der Waals surface area contributed by atoms with Crippen LogP contribution in [0.1, 0.15) is 12.8 Å². The molecule has 2 atom stereocenters. The predicted octanol–water partition coefficient (Wildman–Crippen LogP) is -1.85. The van der Waals surface area contributed by atoms with E-state index in [-0.39, 0.29) is 18.6 Å². The summed E-state index contributed by atoms with van der Waals surface area (Å²) < 4.78 is 22.7. The molecule has 0 aromatic carbocycles. The Morgan fingerprint density at radius 3 is 2.29 bits per heavy atom. The van der Waals surface area contributed by atoms with Gasteiger partial charge in [-0.15, -0.1) is 0 Å². The Morgan fingerprint density at radius 1 is 1.29 bits per heavy atom. The Morgan fingerprint density at radius 2 is 1.86 bits per heavy atom. The molecule has 0 radical (unpaired) electrons. The first-order valence-corrected chi connectivity index (χ1v) is 5.85. The fourth-order valence-corrected chi connectivity index (χ4v) is 3.82. The number of primary amides is 2. The third kappa shape index (κ3) is 2.03. The number of sulfone groups is 1. The van der Waals surface area contributed by atoms with Gasteiger partial charge in [0.1, 0.15) is 5.25 Å². The monoisotopic (exact) mass is 220 g/mol. The summed E-state index contributed by atoms with van der Waals surface area (Å²) in [4.78, 5) is 21.5. The van der Waals surface area contributed by atoms with Crippen LogP contribution in [-0.2, 0) is 19.4 Å². The number of hydrogen-bond acceptors (Lipinski definition) is 4. The standard InChI is InChI=1S/C7H12N2O4S/c8-5(10)3-4-1-2-14(12,13)6(4)7(9)11/h4,6H,1-3H2,(H2,8,10)(H2,9,11). The van der Waals surface area contributed by atoms with Crippen molar-refractivity contribution >= 4 is 21.7 Å². The zero-order valence-electron chi connectivity index (χ0n) is 7.47. The second-order valence-corrected chi connectivity index (χ2v) is 5.65. The highest BCUT2D eigenvalue weighted by molar-refractivity contribution is 7.93. The first-order valence-electron chi connectivity index (χ1n) is 4.14. The van der Waals surface area contributed by atoms with E-state index in [1.165, 1.54) is 0 Å². The van der Waals surface area contributed by atoms with Crippen LogP contribution in [-0.4, -0.2) is 31.2 Å². The molecule has 0 aliphatic carbocycles. The molecule has 2 unspecified atom stereocenters. The van der Waals surface area contributed by atoms with Crippen molar-refractivity contribution in [3.05, 3.63) is 0 Å². The van der Waals surface area contributed by atoms with Crippen molar-refractivity contribution < 1.29 is 18.0 Å². The fourth-order valence-electron chi connectivity index (χ4n) is 1.76. The summed E-state index contributed by atoms with van der Waals surface area (Å²) in [5.74, 6) is -2.15. The number of amides is 2. The second kappa shape index (κ2) is 3.56. The fraction of sp³-hybridized carbons (Fsp3) is 0.714. The number of carbonyl (C=O) groups is 2. The SMILES string of the molecule is NC(=O)CC1CCS(=O)(=O)C1C(N)=O. The molecule has 0 spiro atoms. The highest BCUT2D eigenvalue weighted by Gasteiger charge is 2.44. The smallest absolute Gasteiger partial charge is 0.236 e. The molecule has 0 aromatic rings. The molecule has 0 saturated carbocycles. The van der Waals surface area contributed by atoms with Gasteiger partial charge in [-0.2, -0.15) is 0 Å². The lowest BCUT2D eigenvalue weighted by Crippen LogP contribution is -2.38. The molecule has 1 rings (SSSR count). The molecular formula is C7H12N2O4S. The molecule has 4 N–H and O–H groups in total. The van der Waals surface area contributed by atoms with Crippen LogP contribution in [0, 0.1) is 5.92 Å². The van der Waals surface area contributed by atoms with Crippen LogP contribution >= 0.6 is 0 Å². The quantitative estimate of drug-likeness (QED) is 0.580. The van der Waals surface area contributed by atoms with Crippen molar-refractivity contribution in [1.29, 1.82) is 0 Å². The molecule has 1 heterocycles. The number of carbonyl (C=O) groups excluding carboxylic acids is 2. The maximum absolute atomic E-state index is 11.3. The molecule has 7 heteroatoms. The van der Waals surface area contributed by atoms with Crippen molar-refractivity contribution in [3.8, 4) is 0 Å². The second-order valence-electron chi connectivity index (χ2n) is 3.41. The molecule has 80 valence electrons. The molecule has 1 fully saturated rings. The maximum atomic E-state index is 11.3. The Balaban J connectivity index is 2.90. The van der Waals surface area contributed by atoms with Crippen molar-refractivity contribution in [3.63, 3.8) is 0 Å². The van der Waals surface area contributed by atoms with Gasteiger partial charge in [-0.25, -0.2) is 8.42 Å². The summed E-state index contributed by atoms with van der Waals surface area (Å²) in [5.41, 5.74) is 9.91. The minimum Gasteiger partial charge on any atom is -0.370 e. The van der Waals surface area contributed by atoms with Crippen LogP contribution in [0.3, 0.4) is 0 Å². The van der Waals surface area contributed by atoms with Crippen LogP contribution in [0.2, 0.25) is 0 Å². The van der Waals surface area contributed by atoms with E-state index in [2.05, 4.69) is 0 Å². The summed E-state index contributed by atoms with van der Waals surface area (Å²) in [6.45, 7) is 0. The lowest BCUT2D eigenvalue weighted by molar-refractivity contribution is -0.120. The van der Waals surface area contributed by atoms with Crippen molar-refractivity contribution in [2.75, 3.05) is 5.75 Å². The molecule has 1 aliphatic heterocycles. The topological polar surface area (TPSA) is 120 Å². The molecular weight excluding hydrogens is 208 g/mol. The Kier molecular flexibility index (Phi) is 2.79. The van der Waals surface area contributed by atoms with E-state index in [0.717, 1.165) is 0 Å². The van der Waals surface area contributed by atoms with Crippen LogP contribution in [0.15, 0.2) is 0 Å². The first-order chi connectivity index (χ1) is 6.34. The average molecular weight is 220 g/mol. The van der Waals surface area contributed by atoms with Gasteiger partial charge in [-0.05, 0) is 12.3 Å². The molecule has 0 bridgehead atoms. The molecule has 6 nitrogen and oxygen atoms in total. The highest BCUT2D eigenvalue weighted by atomic mass is 32.2. The van der Waals surface area contributed by atoms with Gasteiger partial charge < -0.3 is 11.5 Å². The van der Waals surface area contributed by atoms with Crippen LogP contribution < -0.4 is 11.5 Å². The first kappa shape index (κ1) is 11.0. The Labute approximate surface area is 81.6 Å². The van der Waals surface area contributed by atoms with E-state index < -0.39 is 32.8 Å². The molecule has 1 saturated heterocycles. The third-order valence-corrected chi connectivity index (χ3v) is 4.53. The largest absolute Gasteiger partial charge is 0.370 e. The van der Waals surface area contributed by atoms with E-state index in [4.69, 9.17) is 11.5 Å². The molecule has 0 aromatic heterocycles. The summed E-state index contributed by atoms with van der Waals surface area (Å²) in [5, 5.41) is -1.24. The van der Waals surface area contributed by atoms with Gasteiger partial charge in [-0.3, -0.25) is 9.59 Å². The molecule has 2 amide bonds. The lowest BCUT2D eigenvalue weighted by atomic mass is 9.98. The third-order valence-electron chi connectivity index (χ3n) is 2.33. The summed E-state index contributed by atoms with van der Waals surface area (Å²) in [6, 6.07) is 0. The zero-order valence-corrected chi connectivity index (χ0v) is 8.29. The van der Waals surface area contributed by atoms with E-state index in [1.807, 2.05) is 0 Å². The Hall–Kier alpha value is -1.11. The maximum Gasteiger partial charge on any atom is 0.236 e. The minimum atomic E-state index is -3.46. The predicted molar refractivity (Wildman–Crippen MR) is 48.7 cm³/mol. The molecule has 14 heavy (non-hydrogen) atoms. The van der Waals surface area contributed by atoms with Crippen molar-refractivity contribution in [1.82, 2.24) is 0 Å². The van der Waals surface area contributed by atoms with Crippen LogP contribution in [0.4, 0.5) is 0 Å². The van der Waals surface area contributed by atoms with Gasteiger partial charge in [-0.1, -0.05) is 0 Å².